The van der Waals surface area contributed by atoms with Crippen LogP contribution in [0.3, 0.4) is 0 Å². The number of amides is 4. The molecule has 7 heteroatoms. The smallest absolute Gasteiger partial charge is 0.319 e. The summed E-state index contributed by atoms with van der Waals surface area (Å²) in [5.74, 6) is -0.555. The number of imide groups is 1. The number of fused-ring (bicyclic) bond motifs is 1. The van der Waals surface area contributed by atoms with Crippen LogP contribution < -0.4 is 15.5 Å². The van der Waals surface area contributed by atoms with Gasteiger partial charge in [0.25, 0.3) is 11.8 Å². The van der Waals surface area contributed by atoms with Gasteiger partial charge in [-0.1, -0.05) is 18.2 Å². The summed E-state index contributed by atoms with van der Waals surface area (Å²) in [6.45, 7) is 0.620. The Labute approximate surface area is 158 Å². The molecule has 0 atom stereocenters. The molecule has 0 fully saturated rings. The van der Waals surface area contributed by atoms with Gasteiger partial charge in [0.1, 0.15) is 0 Å². The Bertz CT molecular complexity index is 844. The average molecular weight is 366 g/mol. The summed E-state index contributed by atoms with van der Waals surface area (Å²) in [4.78, 5) is 39.7. The van der Waals surface area contributed by atoms with Gasteiger partial charge in [0.15, 0.2) is 0 Å². The third-order valence-corrected chi connectivity index (χ3v) is 4.34. The van der Waals surface area contributed by atoms with Crippen LogP contribution >= 0.6 is 0 Å². The van der Waals surface area contributed by atoms with Crippen LogP contribution in [0.15, 0.2) is 48.5 Å². The van der Waals surface area contributed by atoms with Gasteiger partial charge < -0.3 is 15.5 Å². The zero-order valence-corrected chi connectivity index (χ0v) is 15.4. The van der Waals surface area contributed by atoms with Crippen molar-refractivity contribution in [2.45, 2.75) is 6.42 Å². The summed E-state index contributed by atoms with van der Waals surface area (Å²) in [5, 5.41) is 5.51. The molecule has 2 N–H and O–H groups in total. The molecule has 140 valence electrons. The Kier molecular flexibility index (Phi) is 5.40. The van der Waals surface area contributed by atoms with Crippen molar-refractivity contribution in [2.75, 3.05) is 37.4 Å². The van der Waals surface area contributed by atoms with Crippen LogP contribution in [0, 0.1) is 0 Å². The second-order valence-electron chi connectivity index (χ2n) is 6.49. The summed E-state index contributed by atoms with van der Waals surface area (Å²) in [7, 11) is 3.86. The summed E-state index contributed by atoms with van der Waals surface area (Å²) >= 11 is 0. The van der Waals surface area contributed by atoms with Crippen molar-refractivity contribution in [1.29, 1.82) is 0 Å². The van der Waals surface area contributed by atoms with Crippen molar-refractivity contribution in [3.05, 3.63) is 59.7 Å². The van der Waals surface area contributed by atoms with Crippen molar-refractivity contribution >= 4 is 29.2 Å². The lowest BCUT2D eigenvalue weighted by Crippen LogP contribution is -2.35. The normalized spacial score (nSPS) is 12.7. The van der Waals surface area contributed by atoms with Gasteiger partial charge in [-0.15, -0.1) is 0 Å². The maximum Gasteiger partial charge on any atom is 0.319 e. The predicted molar refractivity (Wildman–Crippen MR) is 104 cm³/mol. The number of benzene rings is 2. The molecule has 1 aliphatic heterocycles. The number of rotatable bonds is 6. The van der Waals surface area contributed by atoms with Gasteiger partial charge in [0, 0.05) is 38.6 Å². The Hall–Kier alpha value is -3.35. The van der Waals surface area contributed by atoms with E-state index in [4.69, 9.17) is 0 Å². The number of nitrogens with zero attached hydrogens (tertiary/aromatic N) is 2. The first-order valence-corrected chi connectivity index (χ1v) is 8.75. The molecule has 1 aliphatic rings. The highest BCUT2D eigenvalue weighted by atomic mass is 16.2. The van der Waals surface area contributed by atoms with Gasteiger partial charge in [-0.05, 0) is 36.8 Å². The molecule has 2 aromatic carbocycles. The molecule has 7 nitrogen and oxygen atoms in total. The number of hydrogen-bond donors (Lipinski definition) is 2. The predicted octanol–water partition coefficient (Wildman–Crippen LogP) is 2.56. The molecular weight excluding hydrogens is 344 g/mol. The fourth-order valence-electron chi connectivity index (χ4n) is 2.92. The van der Waals surface area contributed by atoms with E-state index in [1.807, 2.05) is 43.3 Å². The first-order chi connectivity index (χ1) is 13.0. The highest BCUT2D eigenvalue weighted by molar-refractivity contribution is 6.21. The zero-order valence-electron chi connectivity index (χ0n) is 15.4. The molecule has 0 radical (unpaired) electrons. The van der Waals surface area contributed by atoms with E-state index in [9.17, 15) is 14.4 Å². The van der Waals surface area contributed by atoms with Gasteiger partial charge >= 0.3 is 6.03 Å². The fourth-order valence-corrected chi connectivity index (χ4v) is 2.92. The Balaban J connectivity index is 1.46. The van der Waals surface area contributed by atoms with Crippen LogP contribution in [-0.2, 0) is 0 Å². The van der Waals surface area contributed by atoms with E-state index in [0.717, 1.165) is 5.69 Å². The van der Waals surface area contributed by atoms with Gasteiger partial charge in [-0.3, -0.25) is 14.5 Å². The molecule has 0 bridgehead atoms. The number of carbonyl (C=O) groups is 3. The minimum absolute atomic E-state index is 0.267. The Morgan fingerprint density at radius 2 is 1.67 bits per heavy atom. The van der Waals surface area contributed by atoms with Gasteiger partial charge in [-0.25, -0.2) is 4.79 Å². The highest BCUT2D eigenvalue weighted by Crippen LogP contribution is 2.22. The molecule has 0 aromatic heterocycles. The lowest BCUT2D eigenvalue weighted by atomic mass is 10.1. The minimum Gasteiger partial charge on any atom is -0.378 e. The molecule has 3 rings (SSSR count). The second-order valence-corrected chi connectivity index (χ2v) is 6.49. The van der Waals surface area contributed by atoms with Crippen molar-refractivity contribution in [3.63, 3.8) is 0 Å². The second kappa shape index (κ2) is 7.90. The fraction of sp³-hybridized carbons (Fsp3) is 0.250. The van der Waals surface area contributed by atoms with Crippen LogP contribution in [0.25, 0.3) is 0 Å². The lowest BCUT2D eigenvalue weighted by molar-refractivity contribution is 0.0653. The van der Waals surface area contributed by atoms with E-state index in [-0.39, 0.29) is 24.4 Å². The molecular formula is C20H22N4O3. The lowest BCUT2D eigenvalue weighted by Gasteiger charge is -2.15. The first kappa shape index (κ1) is 18.4. The van der Waals surface area contributed by atoms with E-state index in [1.165, 1.54) is 4.90 Å². The SMILES string of the molecule is CN(C)c1cccc(NC(=O)NCCCN2C(=O)c3ccccc3C2=O)c1. The molecule has 4 amide bonds. The largest absolute Gasteiger partial charge is 0.378 e. The van der Waals surface area contributed by atoms with Crippen LogP contribution in [0.5, 0.6) is 0 Å². The highest BCUT2D eigenvalue weighted by Gasteiger charge is 2.34. The van der Waals surface area contributed by atoms with Crippen molar-refractivity contribution in [3.8, 4) is 0 Å². The molecule has 0 saturated heterocycles. The average Bonchev–Trinajstić information content (AvgIpc) is 2.90. The monoisotopic (exact) mass is 366 g/mol. The molecule has 1 heterocycles. The maximum atomic E-state index is 12.3. The van der Waals surface area contributed by atoms with Gasteiger partial charge in [0.05, 0.1) is 11.1 Å². The molecule has 0 saturated carbocycles. The van der Waals surface area contributed by atoms with Crippen molar-refractivity contribution in [1.82, 2.24) is 10.2 Å². The van der Waals surface area contributed by atoms with Gasteiger partial charge in [0.2, 0.25) is 0 Å². The third kappa shape index (κ3) is 4.08. The van der Waals surface area contributed by atoms with E-state index in [1.54, 1.807) is 24.3 Å². The van der Waals surface area contributed by atoms with Crippen LogP contribution in [0.1, 0.15) is 27.1 Å². The number of urea groups is 1. The van der Waals surface area contributed by atoms with Crippen LogP contribution in [0.4, 0.5) is 16.2 Å². The van der Waals surface area contributed by atoms with Crippen LogP contribution in [0.2, 0.25) is 0 Å². The number of carbonyl (C=O) groups excluding carboxylic acids is 3. The third-order valence-electron chi connectivity index (χ3n) is 4.34. The summed E-state index contributed by atoms with van der Waals surface area (Å²) in [5.41, 5.74) is 2.56. The number of anilines is 2. The molecule has 0 unspecified atom stereocenters. The summed E-state index contributed by atoms with van der Waals surface area (Å²) < 4.78 is 0. The summed E-state index contributed by atoms with van der Waals surface area (Å²) in [6.07, 6.45) is 0.483. The molecule has 2 aromatic rings. The molecule has 0 aliphatic carbocycles. The zero-order chi connectivity index (χ0) is 19.4. The molecule has 0 spiro atoms. The number of nitrogens with one attached hydrogen (secondary N) is 2. The van der Waals surface area contributed by atoms with Crippen LogP contribution in [-0.4, -0.2) is 49.9 Å². The van der Waals surface area contributed by atoms with E-state index >= 15 is 0 Å². The maximum absolute atomic E-state index is 12.3. The van der Waals surface area contributed by atoms with Gasteiger partial charge in [-0.2, -0.15) is 0 Å². The van der Waals surface area contributed by atoms with Crippen molar-refractivity contribution < 1.29 is 14.4 Å². The van der Waals surface area contributed by atoms with E-state index < -0.39 is 0 Å². The Morgan fingerprint density at radius 3 is 2.30 bits per heavy atom. The topological polar surface area (TPSA) is 81.8 Å². The van der Waals surface area contributed by atoms with E-state index in [0.29, 0.717) is 29.8 Å². The van der Waals surface area contributed by atoms with E-state index in [2.05, 4.69) is 10.6 Å². The minimum atomic E-state index is -0.326. The van der Waals surface area contributed by atoms with Crippen molar-refractivity contribution in [2.24, 2.45) is 0 Å². The molecule has 27 heavy (non-hydrogen) atoms. The Morgan fingerprint density at radius 1 is 1.00 bits per heavy atom. The number of hydrogen-bond acceptors (Lipinski definition) is 4. The first-order valence-electron chi connectivity index (χ1n) is 8.75. The summed E-state index contributed by atoms with van der Waals surface area (Å²) in [6, 6.07) is 14.0. The quantitative estimate of drug-likeness (QED) is 0.608. The standard InChI is InChI=1S/C20H22N4O3/c1-23(2)15-8-5-7-14(13-15)22-20(27)21-11-6-12-24-18(25)16-9-3-4-10-17(16)19(24)26/h3-5,7-10,13H,6,11-12H2,1-2H3,(H2,21,22,27).